The van der Waals surface area contributed by atoms with Crippen molar-refractivity contribution in [2.24, 2.45) is 0 Å². The molecule has 88 valence electrons. The standard InChI is InChI=1S/C14H17N3/c1-2-4-12(15-7-3-1)11-5-6-13-14(10-11)17-9-8-16-13/h5-6,8-10,12,15H,1-4,7H2. The lowest BCUT2D eigenvalue weighted by atomic mass is 10.0. The molecule has 1 aliphatic heterocycles. The van der Waals surface area contributed by atoms with Crippen molar-refractivity contribution in [3.63, 3.8) is 0 Å². The maximum Gasteiger partial charge on any atom is 0.0890 e. The fourth-order valence-corrected chi connectivity index (χ4v) is 2.51. The van der Waals surface area contributed by atoms with Crippen molar-refractivity contribution >= 4 is 11.0 Å². The molecule has 1 aliphatic rings. The Morgan fingerprint density at radius 2 is 1.88 bits per heavy atom. The number of nitrogens with one attached hydrogen (secondary N) is 1. The zero-order chi connectivity index (χ0) is 11.5. The SMILES string of the molecule is c1cnc2cc(C3CCCCCN3)ccc2n1. The molecule has 2 aromatic rings. The van der Waals surface area contributed by atoms with Crippen LogP contribution >= 0.6 is 0 Å². The molecule has 0 spiro atoms. The van der Waals surface area contributed by atoms with Crippen molar-refractivity contribution in [2.75, 3.05) is 6.54 Å². The van der Waals surface area contributed by atoms with Gasteiger partial charge in [-0.3, -0.25) is 9.97 Å². The highest BCUT2D eigenvalue weighted by molar-refractivity contribution is 5.74. The molecule has 1 atom stereocenters. The van der Waals surface area contributed by atoms with Gasteiger partial charge in [0.15, 0.2) is 0 Å². The van der Waals surface area contributed by atoms with E-state index in [9.17, 15) is 0 Å². The Labute approximate surface area is 101 Å². The summed E-state index contributed by atoms with van der Waals surface area (Å²) in [6, 6.07) is 6.92. The van der Waals surface area contributed by atoms with Crippen LogP contribution in [0.3, 0.4) is 0 Å². The predicted molar refractivity (Wildman–Crippen MR) is 68.7 cm³/mol. The van der Waals surface area contributed by atoms with Crippen LogP contribution < -0.4 is 5.32 Å². The van der Waals surface area contributed by atoms with E-state index in [-0.39, 0.29) is 0 Å². The van der Waals surface area contributed by atoms with Gasteiger partial charge in [-0.15, -0.1) is 0 Å². The predicted octanol–water partition coefficient (Wildman–Crippen LogP) is 2.83. The second-order valence-electron chi connectivity index (χ2n) is 4.66. The maximum absolute atomic E-state index is 4.37. The molecule has 17 heavy (non-hydrogen) atoms. The van der Waals surface area contributed by atoms with Gasteiger partial charge in [0.05, 0.1) is 11.0 Å². The molecule has 0 bridgehead atoms. The van der Waals surface area contributed by atoms with Gasteiger partial charge in [0, 0.05) is 18.4 Å². The van der Waals surface area contributed by atoms with Crippen molar-refractivity contribution < 1.29 is 0 Å². The van der Waals surface area contributed by atoms with E-state index >= 15 is 0 Å². The first-order valence-electron chi connectivity index (χ1n) is 6.37. The van der Waals surface area contributed by atoms with Gasteiger partial charge in [0.2, 0.25) is 0 Å². The molecule has 1 N–H and O–H groups in total. The summed E-state index contributed by atoms with van der Waals surface area (Å²) in [5.74, 6) is 0. The quantitative estimate of drug-likeness (QED) is 0.814. The van der Waals surface area contributed by atoms with Gasteiger partial charge in [0.1, 0.15) is 0 Å². The van der Waals surface area contributed by atoms with Gasteiger partial charge in [-0.05, 0) is 37.1 Å². The molecule has 1 saturated heterocycles. The molecule has 3 rings (SSSR count). The largest absolute Gasteiger partial charge is 0.310 e. The lowest BCUT2D eigenvalue weighted by Gasteiger charge is -2.16. The first-order valence-corrected chi connectivity index (χ1v) is 6.37. The summed E-state index contributed by atoms with van der Waals surface area (Å²) < 4.78 is 0. The van der Waals surface area contributed by atoms with Crippen molar-refractivity contribution in [3.05, 3.63) is 36.2 Å². The van der Waals surface area contributed by atoms with Gasteiger partial charge in [0.25, 0.3) is 0 Å². The van der Waals surface area contributed by atoms with E-state index in [1.165, 1.54) is 31.2 Å². The van der Waals surface area contributed by atoms with E-state index < -0.39 is 0 Å². The molecule has 0 saturated carbocycles. The van der Waals surface area contributed by atoms with Crippen LogP contribution in [-0.4, -0.2) is 16.5 Å². The summed E-state index contributed by atoms with van der Waals surface area (Å²) in [4.78, 5) is 8.67. The summed E-state index contributed by atoms with van der Waals surface area (Å²) >= 11 is 0. The average Bonchev–Trinajstić information content (AvgIpc) is 2.67. The number of fused-ring (bicyclic) bond motifs is 1. The second kappa shape index (κ2) is 4.80. The van der Waals surface area contributed by atoms with Crippen LogP contribution in [0.25, 0.3) is 11.0 Å². The van der Waals surface area contributed by atoms with Crippen LogP contribution in [-0.2, 0) is 0 Å². The number of nitrogens with zero attached hydrogens (tertiary/aromatic N) is 2. The molecule has 1 aromatic carbocycles. The highest BCUT2D eigenvalue weighted by Crippen LogP contribution is 2.24. The van der Waals surface area contributed by atoms with Crippen LogP contribution in [0.5, 0.6) is 0 Å². The zero-order valence-electron chi connectivity index (χ0n) is 9.89. The third-order valence-corrected chi connectivity index (χ3v) is 3.46. The van der Waals surface area contributed by atoms with Crippen LogP contribution in [0.2, 0.25) is 0 Å². The van der Waals surface area contributed by atoms with Crippen molar-refractivity contribution in [2.45, 2.75) is 31.7 Å². The summed E-state index contributed by atoms with van der Waals surface area (Å²) in [5, 5.41) is 3.61. The van der Waals surface area contributed by atoms with Crippen molar-refractivity contribution in [1.29, 1.82) is 0 Å². The molecular weight excluding hydrogens is 210 g/mol. The Morgan fingerprint density at radius 3 is 2.82 bits per heavy atom. The molecule has 1 unspecified atom stereocenters. The summed E-state index contributed by atoms with van der Waals surface area (Å²) in [7, 11) is 0. The average molecular weight is 227 g/mol. The molecule has 1 aromatic heterocycles. The zero-order valence-corrected chi connectivity index (χ0v) is 9.89. The number of rotatable bonds is 1. The van der Waals surface area contributed by atoms with E-state index in [0.717, 1.165) is 17.6 Å². The molecule has 2 heterocycles. The molecule has 3 heteroatoms. The van der Waals surface area contributed by atoms with Gasteiger partial charge < -0.3 is 5.32 Å². The van der Waals surface area contributed by atoms with E-state index in [1.54, 1.807) is 12.4 Å². The van der Waals surface area contributed by atoms with Crippen LogP contribution in [0.1, 0.15) is 37.3 Å². The molecule has 1 fully saturated rings. The van der Waals surface area contributed by atoms with Crippen LogP contribution in [0.4, 0.5) is 0 Å². The Hall–Kier alpha value is -1.48. The number of benzene rings is 1. The Morgan fingerprint density at radius 1 is 1.00 bits per heavy atom. The lowest BCUT2D eigenvalue weighted by molar-refractivity contribution is 0.535. The Balaban J connectivity index is 1.93. The first-order chi connectivity index (χ1) is 8.43. The fourth-order valence-electron chi connectivity index (χ4n) is 2.51. The van der Waals surface area contributed by atoms with Crippen molar-refractivity contribution in [1.82, 2.24) is 15.3 Å². The van der Waals surface area contributed by atoms with Gasteiger partial charge in [-0.1, -0.05) is 18.9 Å². The first kappa shape index (κ1) is 10.7. The lowest BCUT2D eigenvalue weighted by Crippen LogP contribution is -2.20. The monoisotopic (exact) mass is 227 g/mol. The summed E-state index contributed by atoms with van der Waals surface area (Å²) in [6.07, 6.45) is 8.68. The minimum absolute atomic E-state index is 0.490. The van der Waals surface area contributed by atoms with E-state index in [4.69, 9.17) is 0 Å². The Kier molecular flexibility index (Phi) is 3.01. The highest BCUT2D eigenvalue weighted by atomic mass is 14.9. The molecule has 3 nitrogen and oxygen atoms in total. The number of hydrogen-bond acceptors (Lipinski definition) is 3. The van der Waals surface area contributed by atoms with Crippen LogP contribution in [0, 0.1) is 0 Å². The minimum Gasteiger partial charge on any atom is -0.310 e. The normalized spacial score (nSPS) is 21.3. The van der Waals surface area contributed by atoms with E-state index in [1.807, 2.05) is 0 Å². The molecular formula is C14H17N3. The summed E-state index contributed by atoms with van der Waals surface area (Å²) in [5.41, 5.74) is 3.32. The second-order valence-corrected chi connectivity index (χ2v) is 4.66. The molecule has 0 amide bonds. The topological polar surface area (TPSA) is 37.8 Å². The Bertz CT molecular complexity index is 502. The third kappa shape index (κ3) is 2.29. The number of aromatic nitrogens is 2. The van der Waals surface area contributed by atoms with Crippen molar-refractivity contribution in [3.8, 4) is 0 Å². The van der Waals surface area contributed by atoms with Crippen LogP contribution in [0.15, 0.2) is 30.6 Å². The fraction of sp³-hybridized carbons (Fsp3) is 0.429. The van der Waals surface area contributed by atoms with E-state index in [2.05, 4.69) is 33.5 Å². The maximum atomic E-state index is 4.37. The van der Waals surface area contributed by atoms with Gasteiger partial charge in [-0.2, -0.15) is 0 Å². The number of hydrogen-bond donors (Lipinski definition) is 1. The molecule has 0 aliphatic carbocycles. The van der Waals surface area contributed by atoms with E-state index in [0.29, 0.717) is 6.04 Å². The van der Waals surface area contributed by atoms with Gasteiger partial charge >= 0.3 is 0 Å². The third-order valence-electron chi connectivity index (χ3n) is 3.46. The highest BCUT2D eigenvalue weighted by Gasteiger charge is 2.13. The summed E-state index contributed by atoms with van der Waals surface area (Å²) in [6.45, 7) is 1.13. The minimum atomic E-state index is 0.490. The van der Waals surface area contributed by atoms with Gasteiger partial charge in [-0.25, -0.2) is 0 Å². The molecule has 0 radical (unpaired) electrons. The smallest absolute Gasteiger partial charge is 0.0890 e.